The van der Waals surface area contributed by atoms with Crippen LogP contribution in [-0.4, -0.2) is 53.3 Å². The molecule has 0 bridgehead atoms. The molecule has 13 heteroatoms. The molecule has 5 rings (SSSR count). The van der Waals surface area contributed by atoms with Gasteiger partial charge in [0.15, 0.2) is 11.4 Å². The molecule has 4 heterocycles. The molecule has 1 fully saturated rings. The number of aryl methyl sites for hydroxylation is 1. The van der Waals surface area contributed by atoms with E-state index < -0.39 is 64.1 Å². The van der Waals surface area contributed by atoms with Crippen molar-refractivity contribution in [3.63, 3.8) is 0 Å². The Morgan fingerprint density at radius 1 is 1.10 bits per heavy atom. The van der Waals surface area contributed by atoms with Crippen LogP contribution in [0.25, 0.3) is 11.5 Å². The Hall–Kier alpha value is -4.55. The number of halogens is 4. The van der Waals surface area contributed by atoms with Gasteiger partial charge in [0.1, 0.15) is 29.0 Å². The van der Waals surface area contributed by atoms with Gasteiger partial charge in [-0.3, -0.25) is 23.8 Å². The zero-order valence-electron chi connectivity index (χ0n) is 23.1. The summed E-state index contributed by atoms with van der Waals surface area (Å²) < 4.78 is 59.2. The lowest BCUT2D eigenvalue weighted by Crippen LogP contribution is -2.35. The Labute approximate surface area is 238 Å². The molecule has 0 saturated carbocycles. The predicted molar refractivity (Wildman–Crippen MR) is 144 cm³/mol. The molecule has 4 aromatic rings. The fourth-order valence-electron chi connectivity index (χ4n) is 5.44. The second kappa shape index (κ2) is 11.4. The number of carbonyl (C=O) groups is 1. The van der Waals surface area contributed by atoms with Crippen molar-refractivity contribution < 1.29 is 27.5 Å². The first-order chi connectivity index (χ1) is 20.0. The number of carbonyl (C=O) groups excluding carboxylic acids is 1. The molecular weight excluding hydrogens is 556 g/mol. The average Bonchev–Trinajstić information content (AvgIpc) is 3.59. The molecule has 1 unspecified atom stereocenters. The number of likely N-dealkylation sites (tertiary alicyclic amines) is 1. The molecule has 220 valence electrons. The zero-order chi connectivity index (χ0) is 30.3. The van der Waals surface area contributed by atoms with E-state index in [9.17, 15) is 32.3 Å². The molecule has 9 nitrogen and oxygen atoms in total. The van der Waals surface area contributed by atoms with E-state index >= 15 is 0 Å². The second-order valence-corrected chi connectivity index (χ2v) is 10.5. The van der Waals surface area contributed by atoms with Crippen molar-refractivity contribution in [2.75, 3.05) is 13.1 Å². The first-order valence-corrected chi connectivity index (χ1v) is 13.4. The number of amides is 1. The highest BCUT2D eigenvalue weighted by atomic mass is 19.1. The van der Waals surface area contributed by atoms with Gasteiger partial charge < -0.3 is 10.0 Å². The Bertz CT molecular complexity index is 1700. The summed E-state index contributed by atoms with van der Waals surface area (Å²) in [6.45, 7) is 5.89. The van der Waals surface area contributed by atoms with Crippen molar-refractivity contribution >= 4 is 5.91 Å². The van der Waals surface area contributed by atoms with E-state index in [1.807, 2.05) is 6.92 Å². The lowest BCUT2D eigenvalue weighted by atomic mass is 9.94. The fourth-order valence-corrected chi connectivity index (χ4v) is 5.44. The molecule has 1 saturated heterocycles. The SMILES string of the molecule is CCn1ccc(-c2nc(=O)c(C(=O)N3CCC(c4ncc(F)cc4F)C3)c(O)n2[C@H](c2cc(F)cc(F)c2)C(C)C)n1. The van der Waals surface area contributed by atoms with Crippen LogP contribution < -0.4 is 5.56 Å². The molecule has 1 N–H and O–H groups in total. The van der Waals surface area contributed by atoms with Gasteiger partial charge in [-0.2, -0.15) is 10.1 Å². The summed E-state index contributed by atoms with van der Waals surface area (Å²) in [6, 6.07) is 4.24. The summed E-state index contributed by atoms with van der Waals surface area (Å²) in [6.07, 6.45) is 2.81. The van der Waals surface area contributed by atoms with Crippen molar-refractivity contribution in [1.29, 1.82) is 0 Å². The number of benzene rings is 1. The van der Waals surface area contributed by atoms with E-state index in [1.165, 1.54) is 9.47 Å². The first-order valence-electron chi connectivity index (χ1n) is 13.4. The molecule has 1 aliphatic rings. The summed E-state index contributed by atoms with van der Waals surface area (Å²) in [4.78, 5) is 36.3. The summed E-state index contributed by atoms with van der Waals surface area (Å²) >= 11 is 0. The van der Waals surface area contributed by atoms with Gasteiger partial charge in [0.05, 0.1) is 17.9 Å². The van der Waals surface area contributed by atoms with Crippen LogP contribution >= 0.6 is 0 Å². The van der Waals surface area contributed by atoms with Gasteiger partial charge >= 0.3 is 0 Å². The largest absolute Gasteiger partial charge is 0.494 e. The van der Waals surface area contributed by atoms with Gasteiger partial charge in [-0.25, -0.2) is 17.6 Å². The van der Waals surface area contributed by atoms with E-state index in [0.29, 0.717) is 18.7 Å². The highest BCUT2D eigenvalue weighted by molar-refractivity contribution is 5.96. The normalized spacial score (nSPS) is 15.9. The topological polar surface area (TPSA) is 106 Å². The molecule has 0 radical (unpaired) electrons. The summed E-state index contributed by atoms with van der Waals surface area (Å²) in [5.41, 5.74) is -1.36. The Kier molecular flexibility index (Phi) is 7.85. The monoisotopic (exact) mass is 584 g/mol. The summed E-state index contributed by atoms with van der Waals surface area (Å²) in [5.74, 6) is -6.06. The first kappa shape index (κ1) is 29.0. The molecule has 0 aliphatic carbocycles. The van der Waals surface area contributed by atoms with Crippen LogP contribution in [0.4, 0.5) is 17.6 Å². The molecule has 42 heavy (non-hydrogen) atoms. The maximum atomic E-state index is 14.4. The van der Waals surface area contributed by atoms with E-state index in [4.69, 9.17) is 0 Å². The van der Waals surface area contributed by atoms with E-state index in [0.717, 1.165) is 18.3 Å². The van der Waals surface area contributed by atoms with Crippen molar-refractivity contribution in [2.24, 2.45) is 5.92 Å². The van der Waals surface area contributed by atoms with Crippen LogP contribution in [0.2, 0.25) is 0 Å². The van der Waals surface area contributed by atoms with Gasteiger partial charge in [0, 0.05) is 43.9 Å². The highest BCUT2D eigenvalue weighted by Gasteiger charge is 2.36. The number of hydrogen-bond acceptors (Lipinski definition) is 6. The van der Waals surface area contributed by atoms with Crippen LogP contribution in [0.1, 0.15) is 60.8 Å². The number of nitrogens with zero attached hydrogens (tertiary/aromatic N) is 6. The van der Waals surface area contributed by atoms with Crippen LogP contribution in [0.15, 0.2) is 47.5 Å². The van der Waals surface area contributed by atoms with Crippen molar-refractivity contribution in [2.45, 2.75) is 45.7 Å². The highest BCUT2D eigenvalue weighted by Crippen LogP contribution is 2.37. The number of aromatic nitrogens is 5. The third-order valence-corrected chi connectivity index (χ3v) is 7.34. The Morgan fingerprint density at radius 3 is 2.43 bits per heavy atom. The van der Waals surface area contributed by atoms with Crippen LogP contribution in [-0.2, 0) is 6.54 Å². The maximum absolute atomic E-state index is 14.4. The van der Waals surface area contributed by atoms with Crippen molar-refractivity contribution in [3.05, 3.63) is 93.2 Å². The minimum absolute atomic E-state index is 0.0127. The number of pyridine rings is 1. The Morgan fingerprint density at radius 2 is 1.81 bits per heavy atom. The van der Waals surface area contributed by atoms with E-state index in [2.05, 4.69) is 15.1 Å². The fraction of sp³-hybridized carbons (Fsp3) is 0.345. The predicted octanol–water partition coefficient (Wildman–Crippen LogP) is 4.66. The van der Waals surface area contributed by atoms with Crippen LogP contribution in [0, 0.1) is 29.2 Å². The summed E-state index contributed by atoms with van der Waals surface area (Å²) in [7, 11) is 0. The third kappa shape index (κ3) is 5.38. The van der Waals surface area contributed by atoms with Crippen molar-refractivity contribution in [1.82, 2.24) is 29.2 Å². The van der Waals surface area contributed by atoms with Gasteiger partial charge in [-0.15, -0.1) is 0 Å². The number of rotatable bonds is 7. The van der Waals surface area contributed by atoms with Gasteiger partial charge in [0.2, 0.25) is 5.88 Å². The maximum Gasteiger partial charge on any atom is 0.290 e. The number of hydrogen-bond donors (Lipinski definition) is 1. The molecule has 2 atom stereocenters. The minimum Gasteiger partial charge on any atom is -0.494 e. The van der Waals surface area contributed by atoms with Gasteiger partial charge in [-0.1, -0.05) is 13.8 Å². The molecule has 1 aromatic carbocycles. The van der Waals surface area contributed by atoms with Gasteiger partial charge in [-0.05, 0) is 43.0 Å². The molecule has 1 aliphatic heterocycles. The smallest absolute Gasteiger partial charge is 0.290 e. The Balaban J connectivity index is 1.63. The standard InChI is InChI=1S/C29H28F4N6O3/c1-4-38-8-6-22(36-38)26-35-27(40)23(28(41)37-7-5-16(14-37)24-21(33)12-20(32)13-34-24)29(42)39(26)25(15(2)3)17-9-18(30)11-19(31)10-17/h6,8-13,15-16,25,42H,4-5,7,14H2,1-3H3/t16?,25-/m0/s1. The van der Waals surface area contributed by atoms with E-state index in [1.54, 1.807) is 30.8 Å². The zero-order valence-corrected chi connectivity index (χ0v) is 23.1. The second-order valence-electron chi connectivity index (χ2n) is 10.5. The molecular formula is C29H28F4N6O3. The lowest BCUT2D eigenvalue weighted by molar-refractivity contribution is 0.0783. The average molecular weight is 585 g/mol. The molecule has 3 aromatic heterocycles. The number of aromatic hydroxyl groups is 1. The van der Waals surface area contributed by atoms with Crippen LogP contribution in [0.5, 0.6) is 5.88 Å². The summed E-state index contributed by atoms with van der Waals surface area (Å²) in [5, 5.41) is 16.0. The van der Waals surface area contributed by atoms with E-state index in [-0.39, 0.29) is 42.3 Å². The minimum atomic E-state index is -1.03. The van der Waals surface area contributed by atoms with Crippen molar-refractivity contribution in [3.8, 4) is 17.4 Å². The van der Waals surface area contributed by atoms with Crippen LogP contribution in [0.3, 0.4) is 0 Å². The lowest BCUT2D eigenvalue weighted by Gasteiger charge is -2.29. The molecule has 0 spiro atoms. The third-order valence-electron chi connectivity index (χ3n) is 7.34. The molecule has 1 amide bonds. The quantitative estimate of drug-likeness (QED) is 0.317. The van der Waals surface area contributed by atoms with Gasteiger partial charge in [0.25, 0.3) is 11.5 Å².